The fourth-order valence-electron chi connectivity index (χ4n) is 11.4. The van der Waals surface area contributed by atoms with Crippen LogP contribution >= 0.6 is 0 Å². The van der Waals surface area contributed by atoms with Gasteiger partial charge in [0.1, 0.15) is 28.6 Å². The van der Waals surface area contributed by atoms with Crippen molar-refractivity contribution in [1.29, 1.82) is 0 Å². The maximum Gasteiger partial charge on any atom is 0.410 e. The lowest BCUT2D eigenvalue weighted by Crippen LogP contribution is -2.52. The summed E-state index contributed by atoms with van der Waals surface area (Å²) < 4.78 is 30.6. The van der Waals surface area contributed by atoms with Crippen molar-refractivity contribution in [2.45, 2.75) is 117 Å². The number of nitrogens with zero attached hydrogens (tertiary/aromatic N) is 5. The Kier molecular flexibility index (Phi) is 15.8. The summed E-state index contributed by atoms with van der Waals surface area (Å²) in [7, 11) is 1.50. The molecule has 5 N–H and O–H groups in total. The number of allylic oxidation sites excluding steroid dienone is 2. The number of carbonyl (C=O) groups is 3. The molecule has 5 bridgehead atoms. The van der Waals surface area contributed by atoms with Gasteiger partial charge < -0.3 is 59.2 Å². The molecule has 1 spiro atoms. The molecule has 394 valence electrons. The first-order chi connectivity index (χ1) is 34.2. The Morgan fingerprint density at radius 2 is 1.60 bits per heavy atom. The Morgan fingerprint density at radius 1 is 0.903 bits per heavy atom. The number of fused-ring (bicyclic) bond motifs is 13. The lowest BCUT2D eigenvalue weighted by Gasteiger charge is -2.40. The zero-order chi connectivity index (χ0) is 52.0. The Morgan fingerprint density at radius 3 is 2.25 bits per heavy atom. The molecule has 1 unspecified atom stereocenters. The summed E-state index contributed by atoms with van der Waals surface area (Å²) >= 11 is 0. The Balaban J connectivity index is 1.17. The Labute approximate surface area is 422 Å². The van der Waals surface area contributed by atoms with E-state index in [0.717, 1.165) is 32.7 Å². The summed E-state index contributed by atoms with van der Waals surface area (Å²) in [6.45, 7) is 23.2. The van der Waals surface area contributed by atoms with Crippen LogP contribution < -0.4 is 20.8 Å². The molecular weight excluding hydrogens is 925 g/mol. The number of nitrogens with one attached hydrogen (secondary N) is 1. The zero-order valence-corrected chi connectivity index (χ0v) is 43.6. The van der Waals surface area contributed by atoms with Gasteiger partial charge >= 0.3 is 11.9 Å². The topological polar surface area (TPSA) is 225 Å². The number of aliphatic hydroxyl groups is 2. The minimum atomic E-state index is -1.98. The van der Waals surface area contributed by atoms with Gasteiger partial charge in [0, 0.05) is 126 Å². The molecule has 9 rings (SSSR count). The number of ketones is 1. The number of anilines is 1. The minimum Gasteiger partial charge on any atom is -0.507 e. The summed E-state index contributed by atoms with van der Waals surface area (Å²) in [4.78, 5) is 59.9. The molecule has 3 fully saturated rings. The van der Waals surface area contributed by atoms with Crippen molar-refractivity contribution < 1.29 is 58.5 Å². The maximum absolute atomic E-state index is 15.0. The first kappa shape index (κ1) is 53.2. The number of rotatable bonds is 6. The highest BCUT2D eigenvalue weighted by Gasteiger charge is 2.50. The number of phenolic OH excluding ortho intramolecular Hbond substituents is 2. The van der Waals surface area contributed by atoms with Gasteiger partial charge in [-0.05, 0) is 38.2 Å². The number of hydrogen-bond acceptors (Lipinski definition) is 16. The predicted octanol–water partition coefficient (Wildman–Crippen LogP) is 4.98. The second kappa shape index (κ2) is 21.4. The van der Waals surface area contributed by atoms with E-state index in [1.54, 1.807) is 63.8 Å². The highest BCUT2D eigenvalue weighted by atomic mass is 16.7. The number of phenols is 2. The highest BCUT2D eigenvalue weighted by Crippen LogP contribution is 2.50. The van der Waals surface area contributed by atoms with Crippen LogP contribution in [-0.2, 0) is 23.7 Å². The first-order valence-corrected chi connectivity index (χ1v) is 25.8. The molecule has 72 heavy (non-hydrogen) atoms. The number of Topliss-reactive ketones (excluding diaryl/α,β-unsaturated/α-hetero) is 1. The van der Waals surface area contributed by atoms with Crippen molar-refractivity contribution in [2.24, 2.45) is 45.5 Å². The predicted molar refractivity (Wildman–Crippen MR) is 269 cm³/mol. The van der Waals surface area contributed by atoms with Crippen molar-refractivity contribution in [3.05, 3.63) is 58.0 Å². The van der Waals surface area contributed by atoms with Gasteiger partial charge in [-0.3, -0.25) is 24.5 Å². The summed E-state index contributed by atoms with van der Waals surface area (Å²) in [5, 5.41) is 51.2. The van der Waals surface area contributed by atoms with Crippen molar-refractivity contribution in [3.8, 4) is 17.2 Å². The fraction of sp³-hybridized carbons (Fsp3) is 0.648. The fourth-order valence-corrected chi connectivity index (χ4v) is 11.4. The number of hydrogen-bond donors (Lipinski definition) is 5. The smallest absolute Gasteiger partial charge is 0.410 e. The Hall–Kier alpha value is -5.11. The van der Waals surface area contributed by atoms with Gasteiger partial charge in [0.15, 0.2) is 11.4 Å². The highest BCUT2D eigenvalue weighted by molar-refractivity contribution is 6.19. The molecule has 18 nitrogen and oxygen atoms in total. The van der Waals surface area contributed by atoms with Gasteiger partial charge in [-0.25, -0.2) is 4.79 Å². The summed E-state index contributed by atoms with van der Waals surface area (Å²) in [5.74, 6) is -5.58. The van der Waals surface area contributed by atoms with Crippen LogP contribution in [0.15, 0.2) is 46.1 Å². The molecule has 0 aromatic heterocycles. The van der Waals surface area contributed by atoms with Gasteiger partial charge in [-0.2, -0.15) is 0 Å². The van der Waals surface area contributed by atoms with E-state index in [1.807, 2.05) is 6.92 Å². The van der Waals surface area contributed by atoms with Crippen LogP contribution in [0.4, 0.5) is 10.5 Å². The number of piperidine rings is 1. The van der Waals surface area contributed by atoms with Gasteiger partial charge in [0.05, 0.1) is 47.5 Å². The Bertz CT molecular complexity index is 2610. The average molecular weight is 1000 g/mol. The first-order valence-electron chi connectivity index (χ1n) is 25.8. The minimum absolute atomic E-state index is 0.0369. The van der Waals surface area contributed by atoms with Gasteiger partial charge in [0.25, 0.3) is 11.7 Å². The average Bonchev–Trinajstić information content (AvgIpc) is 4.08. The third-order valence-electron chi connectivity index (χ3n) is 16.0. The molecule has 0 saturated carbocycles. The molecule has 0 aliphatic carbocycles. The van der Waals surface area contributed by atoms with E-state index in [-0.39, 0.29) is 55.4 Å². The molecule has 10 atom stereocenters. The third-order valence-corrected chi connectivity index (χ3v) is 16.0. The molecule has 2 aromatic carbocycles. The van der Waals surface area contributed by atoms with E-state index in [1.165, 1.54) is 20.3 Å². The van der Waals surface area contributed by atoms with Crippen LogP contribution in [0, 0.1) is 42.4 Å². The SMILES string of the molecule is CO[C@H]1/C=C/O[C@@]2(C)Oc3c(C)c(O)c4c(O)c(c5c(c4c3C2=O)=NC2(CCN(CC(C)C)CC2)N=5)NC(=O)/C(C)=C\C=C\[C@H](C)[C@H](O)[C@@H](C)[C@@H](O)[C@@H](C)[C@H](OC(=O)N2CCN(CC3CCOC3)CC2)[C@@H]1C. The van der Waals surface area contributed by atoms with Crippen molar-refractivity contribution >= 4 is 34.2 Å². The molecule has 2 amide bonds. The maximum atomic E-state index is 15.0. The second-order valence-electron chi connectivity index (χ2n) is 21.7. The lowest BCUT2D eigenvalue weighted by atomic mass is 9.78. The lowest BCUT2D eigenvalue weighted by molar-refractivity contribution is -0.112. The molecular formula is C54H76N6O12. The van der Waals surface area contributed by atoms with Crippen LogP contribution in [0.5, 0.6) is 17.2 Å². The van der Waals surface area contributed by atoms with Crippen molar-refractivity contribution in [3.63, 3.8) is 0 Å². The number of piperazine rings is 1. The molecule has 2 aromatic rings. The van der Waals surface area contributed by atoms with Crippen LogP contribution in [0.1, 0.15) is 90.6 Å². The van der Waals surface area contributed by atoms with Crippen LogP contribution in [-0.4, -0.2) is 161 Å². The molecule has 7 heterocycles. The van der Waals surface area contributed by atoms with E-state index < -0.39 is 83.1 Å². The number of likely N-dealkylation sites (tertiary alicyclic amines) is 1. The van der Waals surface area contributed by atoms with Crippen molar-refractivity contribution in [1.82, 2.24) is 14.7 Å². The number of amides is 2. The van der Waals surface area contributed by atoms with Crippen LogP contribution in [0.2, 0.25) is 0 Å². The number of ether oxygens (including phenoxy) is 5. The summed E-state index contributed by atoms with van der Waals surface area (Å²) in [6, 6.07) is 0. The summed E-state index contributed by atoms with van der Waals surface area (Å²) in [6.07, 6.45) is 5.48. The van der Waals surface area contributed by atoms with Crippen LogP contribution in [0.25, 0.3) is 10.8 Å². The number of aliphatic hydroxyl groups excluding tert-OH is 2. The largest absolute Gasteiger partial charge is 0.507 e. The molecule has 0 radical (unpaired) electrons. The van der Waals surface area contributed by atoms with E-state index in [0.29, 0.717) is 63.9 Å². The summed E-state index contributed by atoms with van der Waals surface area (Å²) in [5.41, 5.74) is -0.583. The third kappa shape index (κ3) is 10.4. The molecule has 7 aliphatic heterocycles. The molecule has 18 heteroatoms. The van der Waals surface area contributed by atoms with Crippen LogP contribution in [0.3, 0.4) is 0 Å². The number of benzene rings is 2. The molecule has 7 aliphatic rings. The number of aromatic hydroxyl groups is 2. The standard InChI is InChI=1S/C54H76N6O12/c1-29(2)26-58-18-16-54(17-19-58)56-41-38-39-46(63)35(8)49-40(38)50(65)53(9,72-49)70-25-15-37(68-10)32(5)48(71-52(67)60-22-20-59(21-23-60)27-36-14-24-69-28-36)34(7)45(62)33(6)44(61)30(3)12-11-13-31(4)51(66)55-43(47(39)64)42(41)57-54/h11-13,15,25,29-30,32-34,36-37,44-45,48,61-64H,14,16-24,26-28H2,1-10H3,(H,55,66)/b12-11+,25-15+,31-13-/t30-,32+,33+,34+,36?,37-,44-,45+,48+,53-/m0/s1. The van der Waals surface area contributed by atoms with E-state index in [9.17, 15) is 34.8 Å². The van der Waals surface area contributed by atoms with E-state index in [2.05, 4.69) is 29.0 Å². The zero-order valence-electron chi connectivity index (χ0n) is 43.6. The van der Waals surface area contributed by atoms with Gasteiger partial charge in [0.2, 0.25) is 0 Å². The normalized spacial score (nSPS) is 33.2. The van der Waals surface area contributed by atoms with Gasteiger partial charge in [-0.15, -0.1) is 0 Å². The van der Waals surface area contributed by atoms with Gasteiger partial charge in [-0.1, -0.05) is 59.8 Å². The van der Waals surface area contributed by atoms with Crippen molar-refractivity contribution in [2.75, 3.05) is 78.0 Å². The second-order valence-corrected chi connectivity index (χ2v) is 21.7. The quantitative estimate of drug-likeness (QED) is 0.241. The molecule has 3 saturated heterocycles. The van der Waals surface area contributed by atoms with E-state index in [4.69, 9.17) is 33.7 Å². The van der Waals surface area contributed by atoms with E-state index >= 15 is 0 Å². The monoisotopic (exact) mass is 1000 g/mol. The number of methoxy groups -OCH3 is 1. The number of carbonyl (C=O) groups excluding carboxylic acids is 3.